The first-order valence-corrected chi connectivity index (χ1v) is 13.3. The maximum Gasteiger partial charge on any atom is 1.00 e. The molecule has 0 unspecified atom stereocenters. The average Bonchev–Trinajstić information content (AvgIpc) is 2.89. The molecule has 224 valence electrons. The zero-order valence-corrected chi connectivity index (χ0v) is 27.3. The van der Waals surface area contributed by atoms with E-state index < -0.39 is 34.7 Å². The molecule has 12 heteroatoms. The van der Waals surface area contributed by atoms with Gasteiger partial charge in [0.25, 0.3) is 0 Å². The largest absolute Gasteiger partial charge is 1.00 e. The Labute approximate surface area is 287 Å². The van der Waals surface area contributed by atoms with Crippen molar-refractivity contribution in [3.63, 3.8) is 0 Å². The zero-order chi connectivity index (χ0) is 29.2. The first-order valence-electron chi connectivity index (χ1n) is 13.3. The van der Waals surface area contributed by atoms with Crippen LogP contribution in [0.4, 0.5) is 0 Å². The SMILES string of the molecule is CCOC(=O)C1(C(=O)OCC)CC(OCc2ccccc2)C1.O=C(O)C1(C(=O)O)CC(OCc2ccccc2)C1.[K+].[OH-]. The van der Waals surface area contributed by atoms with Crippen molar-refractivity contribution >= 4 is 23.9 Å². The van der Waals surface area contributed by atoms with Crippen molar-refractivity contribution in [2.24, 2.45) is 10.8 Å². The van der Waals surface area contributed by atoms with Gasteiger partial charge in [-0.2, -0.15) is 0 Å². The number of carboxylic acids is 2. The molecule has 4 rings (SSSR count). The Balaban J connectivity index is 0.000000408. The van der Waals surface area contributed by atoms with Crippen LogP contribution in [0.25, 0.3) is 0 Å². The number of hydrogen-bond acceptors (Lipinski definition) is 9. The van der Waals surface area contributed by atoms with Crippen LogP contribution in [0, 0.1) is 10.8 Å². The van der Waals surface area contributed by atoms with E-state index in [-0.39, 0.29) is 95.1 Å². The molecular weight excluding hydrogens is 575 g/mol. The zero-order valence-electron chi connectivity index (χ0n) is 24.2. The van der Waals surface area contributed by atoms with Gasteiger partial charge in [0.05, 0.1) is 38.6 Å². The van der Waals surface area contributed by atoms with E-state index in [4.69, 9.17) is 29.2 Å². The molecule has 0 radical (unpaired) electrons. The minimum absolute atomic E-state index is 0. The third kappa shape index (κ3) is 9.42. The van der Waals surface area contributed by atoms with Crippen molar-refractivity contribution < 1.29 is 105 Å². The van der Waals surface area contributed by atoms with Gasteiger partial charge in [0.2, 0.25) is 0 Å². The summed E-state index contributed by atoms with van der Waals surface area (Å²) < 4.78 is 21.3. The molecule has 0 spiro atoms. The molecule has 2 fully saturated rings. The minimum Gasteiger partial charge on any atom is -0.870 e. The number of carboxylic acid groups (broad SMARTS) is 2. The van der Waals surface area contributed by atoms with Crippen LogP contribution in [0.15, 0.2) is 60.7 Å². The van der Waals surface area contributed by atoms with Gasteiger partial charge in [-0.15, -0.1) is 0 Å². The van der Waals surface area contributed by atoms with E-state index in [0.717, 1.165) is 11.1 Å². The molecule has 2 aromatic carbocycles. The Morgan fingerprint density at radius 2 is 1.00 bits per heavy atom. The third-order valence-corrected chi connectivity index (χ3v) is 7.11. The van der Waals surface area contributed by atoms with Crippen LogP contribution in [0.2, 0.25) is 0 Å². The number of rotatable bonds is 12. The van der Waals surface area contributed by atoms with E-state index in [9.17, 15) is 19.2 Å². The van der Waals surface area contributed by atoms with Crippen molar-refractivity contribution in [1.82, 2.24) is 0 Å². The Morgan fingerprint density at radius 3 is 1.31 bits per heavy atom. The summed E-state index contributed by atoms with van der Waals surface area (Å²) in [5.74, 6) is -3.58. The summed E-state index contributed by atoms with van der Waals surface area (Å²) in [5, 5.41) is 17.8. The fraction of sp³-hybridized carbons (Fsp3) is 0.467. The van der Waals surface area contributed by atoms with Gasteiger partial charge in [-0.25, -0.2) is 0 Å². The van der Waals surface area contributed by atoms with Crippen LogP contribution in [-0.4, -0.2) is 65.0 Å². The molecule has 42 heavy (non-hydrogen) atoms. The second-order valence-corrected chi connectivity index (χ2v) is 9.87. The smallest absolute Gasteiger partial charge is 0.870 e. The topological polar surface area (TPSA) is 176 Å². The number of hydrogen-bond donors (Lipinski definition) is 2. The molecule has 11 nitrogen and oxygen atoms in total. The summed E-state index contributed by atoms with van der Waals surface area (Å²) in [7, 11) is 0. The molecule has 2 aliphatic carbocycles. The summed E-state index contributed by atoms with van der Waals surface area (Å²) in [5.41, 5.74) is -0.790. The van der Waals surface area contributed by atoms with E-state index in [1.54, 1.807) is 13.8 Å². The van der Waals surface area contributed by atoms with Crippen molar-refractivity contribution in [2.45, 2.75) is 65.0 Å². The number of benzene rings is 2. The Hall–Kier alpha value is -2.16. The molecule has 0 bridgehead atoms. The van der Waals surface area contributed by atoms with Crippen LogP contribution in [-0.2, 0) is 51.3 Å². The van der Waals surface area contributed by atoms with E-state index in [1.165, 1.54) is 0 Å². The molecule has 3 N–H and O–H groups in total. The first kappa shape index (κ1) is 37.9. The third-order valence-electron chi connectivity index (χ3n) is 7.11. The Morgan fingerprint density at radius 1 is 0.667 bits per heavy atom. The van der Waals surface area contributed by atoms with Crippen molar-refractivity contribution in [1.29, 1.82) is 0 Å². The van der Waals surface area contributed by atoms with E-state index in [2.05, 4.69) is 0 Å². The predicted molar refractivity (Wildman–Crippen MR) is 144 cm³/mol. The normalized spacial score (nSPS) is 16.4. The number of carbonyl (C=O) groups is 4. The van der Waals surface area contributed by atoms with Gasteiger partial charge in [0, 0.05) is 25.7 Å². The summed E-state index contributed by atoms with van der Waals surface area (Å²) >= 11 is 0. The van der Waals surface area contributed by atoms with E-state index in [1.807, 2.05) is 60.7 Å². The minimum atomic E-state index is -1.65. The van der Waals surface area contributed by atoms with Crippen LogP contribution < -0.4 is 51.4 Å². The van der Waals surface area contributed by atoms with Crippen molar-refractivity contribution in [3.05, 3.63) is 71.8 Å². The Kier molecular flexibility index (Phi) is 16.1. The first-order chi connectivity index (χ1) is 19.2. The van der Waals surface area contributed by atoms with Gasteiger partial charge in [-0.05, 0) is 25.0 Å². The molecular formula is C30H37KO11. The predicted octanol–water partition coefficient (Wildman–Crippen LogP) is 0.827. The number of esters is 2. The van der Waals surface area contributed by atoms with Gasteiger partial charge in [0.1, 0.15) is 0 Å². The quantitative estimate of drug-likeness (QED) is 0.197. The second-order valence-electron chi connectivity index (χ2n) is 9.87. The number of carbonyl (C=O) groups excluding carboxylic acids is 2. The monoisotopic (exact) mass is 612 g/mol. The van der Waals surface area contributed by atoms with Crippen LogP contribution in [0.3, 0.4) is 0 Å². The molecule has 0 aliphatic heterocycles. The second kappa shape index (κ2) is 17.8. The van der Waals surface area contributed by atoms with Crippen molar-refractivity contribution in [3.8, 4) is 0 Å². The van der Waals surface area contributed by atoms with Gasteiger partial charge >= 0.3 is 75.3 Å². The molecule has 0 amide bonds. The molecule has 2 saturated carbocycles. The summed E-state index contributed by atoms with van der Waals surface area (Å²) in [6, 6.07) is 19.3. The maximum atomic E-state index is 12.1. The van der Waals surface area contributed by atoms with E-state index in [0.29, 0.717) is 26.1 Å². The molecule has 2 aliphatic rings. The molecule has 0 heterocycles. The van der Waals surface area contributed by atoms with E-state index >= 15 is 0 Å². The Bertz CT molecular complexity index is 1110. The summed E-state index contributed by atoms with van der Waals surface area (Å²) in [4.78, 5) is 46.1. The van der Waals surface area contributed by atoms with Crippen LogP contribution in [0.5, 0.6) is 0 Å². The fourth-order valence-electron chi connectivity index (χ4n) is 4.64. The molecule has 0 saturated heterocycles. The molecule has 2 aromatic rings. The average molecular weight is 613 g/mol. The number of aliphatic carboxylic acids is 2. The summed E-state index contributed by atoms with van der Waals surface area (Å²) in [6.07, 6.45) is 0.274. The van der Waals surface area contributed by atoms with Gasteiger partial charge in [0.15, 0.2) is 10.8 Å². The fourth-order valence-corrected chi connectivity index (χ4v) is 4.64. The van der Waals surface area contributed by atoms with Gasteiger partial charge in [-0.1, -0.05) is 60.7 Å². The summed E-state index contributed by atoms with van der Waals surface area (Å²) in [6.45, 7) is 4.77. The van der Waals surface area contributed by atoms with Gasteiger partial charge < -0.3 is 34.6 Å². The molecule has 0 atom stereocenters. The van der Waals surface area contributed by atoms with Crippen LogP contribution in [0.1, 0.15) is 50.7 Å². The van der Waals surface area contributed by atoms with Gasteiger partial charge in [-0.3, -0.25) is 19.2 Å². The number of ether oxygens (including phenoxy) is 4. The maximum absolute atomic E-state index is 12.1. The van der Waals surface area contributed by atoms with Crippen LogP contribution >= 0.6 is 0 Å². The standard InChI is InChI=1S/C17H22O5.C13H14O5.K.H2O/c1-3-20-15(18)17(16(19)21-4-2)10-14(11-17)22-12-13-8-6-5-7-9-13;14-11(15)13(12(16)17)6-10(7-13)18-8-9-4-2-1-3-5-9;;/h5-9,14H,3-4,10-12H2,1-2H3;1-5,10H,6-8H2,(H,14,15)(H,16,17);;1H2/q;;+1;/p-1. The van der Waals surface area contributed by atoms with Crippen molar-refractivity contribution in [2.75, 3.05) is 13.2 Å². The molecule has 0 aromatic heterocycles.